The lowest BCUT2D eigenvalue weighted by molar-refractivity contribution is -0.154. The van der Waals surface area contributed by atoms with Crippen molar-refractivity contribution in [2.45, 2.75) is 43.4 Å². The second kappa shape index (κ2) is 15.8. The van der Waals surface area contributed by atoms with Gasteiger partial charge in [-0.1, -0.05) is 29.8 Å². The van der Waals surface area contributed by atoms with Crippen LogP contribution in [0.15, 0.2) is 73.1 Å². The highest BCUT2D eigenvalue weighted by molar-refractivity contribution is 6.36. The molecule has 0 aliphatic heterocycles. The van der Waals surface area contributed by atoms with Gasteiger partial charge in [-0.2, -0.15) is 28.1 Å². The maximum Gasteiger partial charge on any atom is 0.422 e. The first-order valence-corrected chi connectivity index (χ1v) is 15.8. The first kappa shape index (κ1) is 36.4. The van der Waals surface area contributed by atoms with E-state index in [4.69, 9.17) is 16.3 Å². The Hall–Kier alpha value is -5.84. The van der Waals surface area contributed by atoms with Gasteiger partial charge in [0, 0.05) is 41.6 Å². The third-order valence-electron chi connectivity index (χ3n) is 7.54. The van der Waals surface area contributed by atoms with E-state index >= 15 is 0 Å². The summed E-state index contributed by atoms with van der Waals surface area (Å²) in [4.78, 5) is 65.1. The third kappa shape index (κ3) is 10.6. The van der Waals surface area contributed by atoms with Gasteiger partial charge < -0.3 is 31.1 Å². The molecule has 1 saturated carbocycles. The summed E-state index contributed by atoms with van der Waals surface area (Å²) in [5.74, 6) is -3.91. The minimum atomic E-state index is -4.64. The van der Waals surface area contributed by atoms with E-state index in [0.717, 1.165) is 5.56 Å². The van der Waals surface area contributed by atoms with E-state index in [1.165, 1.54) is 36.7 Å². The molecule has 1 aliphatic rings. The summed E-state index contributed by atoms with van der Waals surface area (Å²) in [6, 6.07) is 14.0. The molecule has 0 radical (unpaired) electrons. The number of carboxylic acids is 1. The van der Waals surface area contributed by atoms with Crippen molar-refractivity contribution in [3.8, 4) is 6.01 Å². The number of nitrogens with zero attached hydrogens (tertiary/aromatic N) is 4. The number of ketones is 1. The molecular formula is C33H30ClF3N8O6. The number of carbonyl (C=O) groups is 4. The van der Waals surface area contributed by atoms with Crippen LogP contribution in [0.2, 0.25) is 5.02 Å². The third-order valence-corrected chi connectivity index (χ3v) is 7.80. The highest BCUT2D eigenvalue weighted by Gasteiger charge is 2.45. The smallest absolute Gasteiger partial charge is 0.422 e. The maximum atomic E-state index is 12.9. The summed E-state index contributed by atoms with van der Waals surface area (Å²) in [5, 5.41) is 20.9. The summed E-state index contributed by atoms with van der Waals surface area (Å²) < 4.78 is 43.5. The van der Waals surface area contributed by atoms with E-state index in [2.05, 4.69) is 41.2 Å². The molecule has 266 valence electrons. The number of carboxylic acid groups (broad SMARTS) is 1. The van der Waals surface area contributed by atoms with Crippen molar-refractivity contribution < 1.29 is 42.2 Å². The average molecular weight is 727 g/mol. The number of aliphatic carboxylic acids is 1. The molecule has 2 aromatic carbocycles. The van der Waals surface area contributed by atoms with E-state index in [1.807, 2.05) is 12.1 Å². The Bertz CT molecular complexity index is 1880. The van der Waals surface area contributed by atoms with Gasteiger partial charge in [-0.3, -0.25) is 19.4 Å². The van der Waals surface area contributed by atoms with Crippen LogP contribution in [0.5, 0.6) is 6.01 Å². The number of anilines is 3. The Balaban J connectivity index is 1.20. The lowest BCUT2D eigenvalue weighted by atomic mass is 10.1. The first-order valence-electron chi connectivity index (χ1n) is 15.4. The summed E-state index contributed by atoms with van der Waals surface area (Å²) in [5.41, 5.74) is 1.28. The Morgan fingerprint density at radius 1 is 0.961 bits per heavy atom. The lowest BCUT2D eigenvalue weighted by Gasteiger charge is -2.19. The van der Waals surface area contributed by atoms with Crippen LogP contribution in [-0.2, 0) is 26.3 Å². The number of hydrogen-bond donors (Lipinski definition) is 5. The number of alkyl halides is 3. The summed E-state index contributed by atoms with van der Waals surface area (Å²) in [6.07, 6.45) is -0.639. The van der Waals surface area contributed by atoms with Crippen molar-refractivity contribution in [3.05, 3.63) is 94.8 Å². The van der Waals surface area contributed by atoms with Gasteiger partial charge in [-0.15, -0.1) is 0 Å². The highest BCUT2D eigenvalue weighted by Crippen LogP contribution is 2.48. The zero-order valence-corrected chi connectivity index (χ0v) is 27.3. The van der Waals surface area contributed by atoms with Crippen LogP contribution in [0, 0.1) is 0 Å². The zero-order valence-electron chi connectivity index (χ0n) is 26.5. The van der Waals surface area contributed by atoms with Gasteiger partial charge in [-0.25, -0.2) is 4.79 Å². The fourth-order valence-corrected chi connectivity index (χ4v) is 4.93. The second-order valence-electron chi connectivity index (χ2n) is 11.5. The number of benzene rings is 2. The van der Waals surface area contributed by atoms with Crippen LogP contribution in [-0.4, -0.2) is 74.0 Å². The summed E-state index contributed by atoms with van der Waals surface area (Å²) in [7, 11) is 0. The maximum absolute atomic E-state index is 12.9. The standard InChI is InChI=1S/C33H30ClF3N8O6/c34-22-7-5-21(6-8-22)32(12-13-32)45-30-42-29(43-31(44-30)51-18-33(35,36)37)40-23-9-3-20(4-10-23)26(47)41-24(28(49)50)11-15-39-27(48)25(46)16-19-2-1-14-38-17-19/h1-10,14,17,24H,11-13,15-16,18H2,(H,39,48)(H,41,47)(H,49,50)(H2,40,42,43,44,45)/t24-/m0/s1. The quantitative estimate of drug-likeness (QED) is 0.103. The van der Waals surface area contributed by atoms with Crippen molar-refractivity contribution in [1.29, 1.82) is 0 Å². The van der Waals surface area contributed by atoms with Crippen LogP contribution in [0.3, 0.4) is 0 Å². The Labute approximate surface area is 293 Å². The van der Waals surface area contributed by atoms with E-state index < -0.39 is 53.9 Å². The molecule has 18 heteroatoms. The summed E-state index contributed by atoms with van der Waals surface area (Å²) in [6.45, 7) is -1.83. The number of amides is 2. The molecule has 51 heavy (non-hydrogen) atoms. The van der Waals surface area contributed by atoms with E-state index in [1.54, 1.807) is 24.3 Å². The molecule has 14 nitrogen and oxygen atoms in total. The molecule has 5 N–H and O–H groups in total. The van der Waals surface area contributed by atoms with Crippen molar-refractivity contribution >= 4 is 52.8 Å². The molecule has 4 aromatic rings. The molecule has 0 bridgehead atoms. The molecule has 2 heterocycles. The zero-order chi connectivity index (χ0) is 36.6. The minimum Gasteiger partial charge on any atom is -0.480 e. The molecule has 1 atom stereocenters. The number of rotatable bonds is 16. The van der Waals surface area contributed by atoms with Gasteiger partial charge in [0.15, 0.2) is 6.61 Å². The monoisotopic (exact) mass is 726 g/mol. The number of Topliss-reactive ketones (excluding diaryl/α,β-unsaturated/α-hetero) is 1. The Morgan fingerprint density at radius 2 is 1.67 bits per heavy atom. The molecule has 1 fully saturated rings. The van der Waals surface area contributed by atoms with Crippen LogP contribution < -0.4 is 26.0 Å². The predicted molar refractivity (Wildman–Crippen MR) is 177 cm³/mol. The molecule has 5 rings (SSSR count). The SMILES string of the molecule is O=C(Cc1cccnc1)C(=O)NCC[C@H](NC(=O)c1ccc(Nc2nc(NC3(c4ccc(Cl)cc4)CC3)nc(OCC(F)(F)F)n2)cc1)C(=O)O. The van der Waals surface area contributed by atoms with Crippen molar-refractivity contribution in [1.82, 2.24) is 30.6 Å². The number of hydrogen-bond acceptors (Lipinski definition) is 11. The van der Waals surface area contributed by atoms with Crippen LogP contribution in [0.25, 0.3) is 0 Å². The first-order chi connectivity index (χ1) is 24.3. The van der Waals surface area contributed by atoms with Crippen molar-refractivity contribution in [3.63, 3.8) is 0 Å². The predicted octanol–water partition coefficient (Wildman–Crippen LogP) is 4.21. The van der Waals surface area contributed by atoms with E-state index in [0.29, 0.717) is 29.1 Å². The number of ether oxygens (including phenoxy) is 1. The molecule has 1 aliphatic carbocycles. The van der Waals surface area contributed by atoms with Gasteiger partial charge in [0.25, 0.3) is 11.8 Å². The Kier molecular flexibility index (Phi) is 11.3. The fraction of sp³-hybridized carbons (Fsp3) is 0.273. The Morgan fingerprint density at radius 3 is 2.29 bits per heavy atom. The highest BCUT2D eigenvalue weighted by atomic mass is 35.5. The van der Waals surface area contributed by atoms with Crippen molar-refractivity contribution in [2.75, 3.05) is 23.8 Å². The lowest BCUT2D eigenvalue weighted by Crippen LogP contribution is -2.43. The molecule has 0 saturated heterocycles. The molecule has 2 aromatic heterocycles. The number of pyridine rings is 1. The second-order valence-corrected chi connectivity index (χ2v) is 11.9. The van der Waals surface area contributed by atoms with E-state index in [-0.39, 0.29) is 36.8 Å². The number of carbonyl (C=O) groups excluding carboxylic acids is 3. The fourth-order valence-electron chi connectivity index (χ4n) is 4.80. The number of aromatic nitrogens is 4. The number of nitrogens with one attached hydrogen (secondary N) is 4. The van der Waals surface area contributed by atoms with Crippen LogP contribution in [0.1, 0.15) is 40.7 Å². The van der Waals surface area contributed by atoms with Gasteiger partial charge >= 0.3 is 18.2 Å². The van der Waals surface area contributed by atoms with E-state index in [9.17, 15) is 37.5 Å². The molecule has 0 unspecified atom stereocenters. The normalized spacial score (nSPS) is 13.7. The van der Waals surface area contributed by atoms with Crippen molar-refractivity contribution in [2.24, 2.45) is 0 Å². The van der Waals surface area contributed by atoms with Crippen LogP contribution >= 0.6 is 11.6 Å². The van der Waals surface area contributed by atoms with Gasteiger partial charge in [0.2, 0.25) is 17.7 Å². The molecular weight excluding hydrogens is 697 g/mol. The average Bonchev–Trinajstić information content (AvgIpc) is 3.87. The van der Waals surface area contributed by atoms with Crippen LogP contribution in [0.4, 0.5) is 30.8 Å². The van der Waals surface area contributed by atoms with Gasteiger partial charge in [-0.05, 0) is 72.9 Å². The van der Waals surface area contributed by atoms with Gasteiger partial charge in [0.1, 0.15) is 6.04 Å². The summed E-state index contributed by atoms with van der Waals surface area (Å²) >= 11 is 6.01. The minimum absolute atomic E-state index is 0.0399. The number of halogens is 4. The molecule has 2 amide bonds. The topological polar surface area (TPSA) is 197 Å². The van der Waals surface area contributed by atoms with Gasteiger partial charge in [0.05, 0.1) is 5.54 Å². The largest absolute Gasteiger partial charge is 0.480 e. The molecule has 0 spiro atoms.